The van der Waals surface area contributed by atoms with E-state index in [1.165, 1.54) is 0 Å². The van der Waals surface area contributed by atoms with Crippen molar-refractivity contribution in [1.82, 2.24) is 10.5 Å². The molecule has 0 aliphatic carbocycles. The molecule has 2 heterocycles. The Morgan fingerprint density at radius 3 is 2.74 bits per heavy atom. The highest BCUT2D eigenvalue weighted by Crippen LogP contribution is 2.23. The van der Waals surface area contributed by atoms with E-state index in [0.29, 0.717) is 17.0 Å². The minimum Gasteiger partial charge on any atom is -0.376 e. The van der Waals surface area contributed by atoms with Gasteiger partial charge in [-0.1, -0.05) is 19.0 Å². The van der Waals surface area contributed by atoms with Gasteiger partial charge in [0, 0.05) is 12.5 Å². The lowest BCUT2D eigenvalue weighted by Gasteiger charge is -2.20. The van der Waals surface area contributed by atoms with E-state index in [0.717, 1.165) is 19.4 Å². The van der Waals surface area contributed by atoms with Crippen LogP contribution in [0, 0.1) is 6.92 Å². The van der Waals surface area contributed by atoms with Crippen molar-refractivity contribution in [2.75, 3.05) is 6.61 Å². The second kappa shape index (κ2) is 5.74. The molecule has 1 aromatic heterocycles. The summed E-state index contributed by atoms with van der Waals surface area (Å²) in [5, 5.41) is 6.89. The second-order valence-corrected chi connectivity index (χ2v) is 5.48. The number of carbonyl (C=O) groups excluding carboxylic acids is 1. The molecule has 1 aromatic rings. The maximum atomic E-state index is 12.4. The molecule has 0 spiro atoms. The molecule has 106 valence electrons. The molecular formula is C14H22N2O3. The van der Waals surface area contributed by atoms with Crippen molar-refractivity contribution < 1.29 is 14.1 Å². The Bertz CT molecular complexity index is 448. The largest absolute Gasteiger partial charge is 0.376 e. The molecule has 1 aliphatic heterocycles. The predicted octanol–water partition coefficient (Wildman–Crippen LogP) is 2.40. The van der Waals surface area contributed by atoms with Crippen LogP contribution in [0.15, 0.2) is 4.52 Å². The van der Waals surface area contributed by atoms with Gasteiger partial charge in [0.25, 0.3) is 5.91 Å². The lowest BCUT2D eigenvalue weighted by molar-refractivity contribution is 0.0710. The highest BCUT2D eigenvalue weighted by atomic mass is 16.5. The van der Waals surface area contributed by atoms with Gasteiger partial charge in [-0.15, -0.1) is 0 Å². The smallest absolute Gasteiger partial charge is 0.257 e. The van der Waals surface area contributed by atoms with Gasteiger partial charge in [0.15, 0.2) is 5.76 Å². The summed E-state index contributed by atoms with van der Waals surface area (Å²) < 4.78 is 10.8. The molecule has 0 saturated carbocycles. The van der Waals surface area contributed by atoms with E-state index in [1.54, 1.807) is 6.92 Å². The van der Waals surface area contributed by atoms with Crippen LogP contribution in [0.25, 0.3) is 0 Å². The number of ether oxygens (including phenoxy) is 1. The van der Waals surface area contributed by atoms with Gasteiger partial charge in [-0.3, -0.25) is 4.79 Å². The quantitative estimate of drug-likeness (QED) is 0.909. The fourth-order valence-electron chi connectivity index (χ4n) is 2.43. The maximum Gasteiger partial charge on any atom is 0.257 e. The van der Waals surface area contributed by atoms with Gasteiger partial charge in [-0.2, -0.15) is 0 Å². The van der Waals surface area contributed by atoms with Crippen LogP contribution in [0.5, 0.6) is 0 Å². The molecule has 1 N–H and O–H groups in total. The Balaban J connectivity index is 2.09. The van der Waals surface area contributed by atoms with Crippen LogP contribution in [0.3, 0.4) is 0 Å². The van der Waals surface area contributed by atoms with E-state index < -0.39 is 0 Å². The van der Waals surface area contributed by atoms with Crippen LogP contribution in [-0.2, 0) is 4.74 Å². The first-order valence-corrected chi connectivity index (χ1v) is 6.89. The van der Waals surface area contributed by atoms with Crippen LogP contribution in [0.4, 0.5) is 0 Å². The lowest BCUT2D eigenvalue weighted by atomic mass is 10.0. The number of aromatic nitrogens is 1. The van der Waals surface area contributed by atoms with Gasteiger partial charge < -0.3 is 14.6 Å². The van der Waals surface area contributed by atoms with E-state index in [2.05, 4.69) is 10.5 Å². The summed E-state index contributed by atoms with van der Waals surface area (Å²) in [5.74, 6) is 0.667. The zero-order valence-corrected chi connectivity index (χ0v) is 12.0. The zero-order chi connectivity index (χ0) is 14.0. The second-order valence-electron chi connectivity index (χ2n) is 5.48. The fourth-order valence-corrected chi connectivity index (χ4v) is 2.43. The molecule has 1 amide bonds. The SMILES string of the molecule is Cc1noc(C(C)C)c1C(=O)N[C@H](C)[C@H]1CCCO1. The fraction of sp³-hybridized carbons (Fsp3) is 0.714. The Labute approximate surface area is 113 Å². The molecule has 2 atom stereocenters. The molecule has 0 radical (unpaired) electrons. The standard InChI is InChI=1S/C14H22N2O3/c1-8(2)13-12(10(4)16-19-13)14(17)15-9(3)11-6-5-7-18-11/h8-9,11H,5-7H2,1-4H3,(H,15,17)/t9-,11-/m1/s1. The van der Waals surface area contributed by atoms with Crippen molar-refractivity contribution in [2.24, 2.45) is 0 Å². The highest BCUT2D eigenvalue weighted by molar-refractivity contribution is 5.96. The summed E-state index contributed by atoms with van der Waals surface area (Å²) >= 11 is 0. The molecule has 0 unspecified atom stereocenters. The Morgan fingerprint density at radius 1 is 1.42 bits per heavy atom. The molecule has 1 saturated heterocycles. The molecule has 2 rings (SSSR count). The lowest BCUT2D eigenvalue weighted by Crippen LogP contribution is -2.41. The van der Waals surface area contributed by atoms with Crippen LogP contribution >= 0.6 is 0 Å². The Morgan fingerprint density at radius 2 is 2.16 bits per heavy atom. The summed E-state index contributed by atoms with van der Waals surface area (Å²) in [6, 6.07) is 0.00399. The molecule has 1 aliphatic rings. The third-order valence-electron chi connectivity index (χ3n) is 3.52. The summed E-state index contributed by atoms with van der Waals surface area (Å²) in [4.78, 5) is 12.4. The molecule has 0 aromatic carbocycles. The molecule has 5 nitrogen and oxygen atoms in total. The zero-order valence-electron chi connectivity index (χ0n) is 12.0. The third kappa shape index (κ3) is 2.97. The molecule has 5 heteroatoms. The van der Waals surface area contributed by atoms with Crippen molar-refractivity contribution in [3.63, 3.8) is 0 Å². The van der Waals surface area contributed by atoms with E-state index in [1.807, 2.05) is 20.8 Å². The molecule has 19 heavy (non-hydrogen) atoms. The van der Waals surface area contributed by atoms with Crippen LogP contribution in [-0.4, -0.2) is 29.8 Å². The van der Waals surface area contributed by atoms with Crippen molar-refractivity contribution in [1.29, 1.82) is 0 Å². The van der Waals surface area contributed by atoms with E-state index >= 15 is 0 Å². The Hall–Kier alpha value is -1.36. The molecular weight excluding hydrogens is 244 g/mol. The summed E-state index contributed by atoms with van der Waals surface area (Å²) in [6.07, 6.45) is 2.18. The van der Waals surface area contributed by atoms with Crippen LogP contribution in [0.2, 0.25) is 0 Å². The minimum atomic E-state index is -0.120. The maximum absolute atomic E-state index is 12.4. The topological polar surface area (TPSA) is 64.4 Å². The number of hydrogen-bond acceptors (Lipinski definition) is 4. The van der Waals surface area contributed by atoms with Crippen LogP contribution in [0.1, 0.15) is 61.3 Å². The normalized spacial score (nSPS) is 20.8. The number of rotatable bonds is 4. The first kappa shape index (κ1) is 14.1. The van der Waals surface area contributed by atoms with Gasteiger partial charge in [0.2, 0.25) is 0 Å². The van der Waals surface area contributed by atoms with Crippen LogP contribution < -0.4 is 5.32 Å². The van der Waals surface area contributed by atoms with Crippen molar-refractivity contribution >= 4 is 5.91 Å². The van der Waals surface area contributed by atoms with E-state index in [4.69, 9.17) is 9.26 Å². The van der Waals surface area contributed by atoms with Gasteiger partial charge in [0.05, 0.1) is 17.8 Å². The first-order valence-electron chi connectivity index (χ1n) is 6.89. The Kier molecular flexibility index (Phi) is 4.24. The van der Waals surface area contributed by atoms with Gasteiger partial charge in [-0.25, -0.2) is 0 Å². The van der Waals surface area contributed by atoms with E-state index in [-0.39, 0.29) is 24.0 Å². The van der Waals surface area contributed by atoms with Gasteiger partial charge in [0.1, 0.15) is 5.56 Å². The van der Waals surface area contributed by atoms with Crippen molar-refractivity contribution in [3.8, 4) is 0 Å². The number of amides is 1. The van der Waals surface area contributed by atoms with E-state index in [9.17, 15) is 4.79 Å². The minimum absolute atomic E-state index is 0.00399. The average molecular weight is 266 g/mol. The number of hydrogen-bond donors (Lipinski definition) is 1. The summed E-state index contributed by atoms with van der Waals surface area (Å²) in [6.45, 7) is 8.53. The average Bonchev–Trinajstić information content (AvgIpc) is 2.96. The van der Waals surface area contributed by atoms with Crippen molar-refractivity contribution in [3.05, 3.63) is 17.0 Å². The van der Waals surface area contributed by atoms with Gasteiger partial charge >= 0.3 is 0 Å². The summed E-state index contributed by atoms with van der Waals surface area (Å²) in [7, 11) is 0. The summed E-state index contributed by atoms with van der Waals surface area (Å²) in [5.41, 5.74) is 1.21. The molecule has 1 fully saturated rings. The van der Waals surface area contributed by atoms with Crippen molar-refractivity contribution in [2.45, 2.75) is 58.6 Å². The number of nitrogens with zero attached hydrogens (tertiary/aromatic N) is 1. The van der Waals surface area contributed by atoms with Gasteiger partial charge in [-0.05, 0) is 26.7 Å². The number of nitrogens with one attached hydrogen (secondary N) is 1. The third-order valence-corrected chi connectivity index (χ3v) is 3.52. The number of aryl methyl sites for hydroxylation is 1. The monoisotopic (exact) mass is 266 g/mol. The molecule has 0 bridgehead atoms. The first-order chi connectivity index (χ1) is 9.00. The predicted molar refractivity (Wildman–Crippen MR) is 71.2 cm³/mol. The highest BCUT2D eigenvalue weighted by Gasteiger charge is 2.27. The number of carbonyl (C=O) groups is 1.